The summed E-state index contributed by atoms with van der Waals surface area (Å²) in [6, 6.07) is 12.2. The SMILES string of the molecule is CCCC(=O)c1cccc2cc(C)ccc12. The van der Waals surface area contributed by atoms with E-state index in [4.69, 9.17) is 0 Å². The molecule has 0 heterocycles. The minimum Gasteiger partial charge on any atom is -0.294 e. The molecular weight excluding hydrogens is 196 g/mol. The van der Waals surface area contributed by atoms with Crippen molar-refractivity contribution in [1.29, 1.82) is 0 Å². The van der Waals surface area contributed by atoms with Crippen molar-refractivity contribution in [3.63, 3.8) is 0 Å². The highest BCUT2D eigenvalue weighted by molar-refractivity contribution is 6.08. The van der Waals surface area contributed by atoms with Gasteiger partial charge < -0.3 is 0 Å². The molecule has 0 aliphatic heterocycles. The van der Waals surface area contributed by atoms with Gasteiger partial charge >= 0.3 is 0 Å². The molecule has 0 aliphatic carbocycles. The average molecular weight is 212 g/mol. The third-order valence-corrected chi connectivity index (χ3v) is 2.81. The molecule has 16 heavy (non-hydrogen) atoms. The zero-order chi connectivity index (χ0) is 11.5. The van der Waals surface area contributed by atoms with E-state index in [9.17, 15) is 4.79 Å². The number of fused-ring (bicyclic) bond motifs is 1. The molecule has 0 unspecified atom stereocenters. The number of carbonyl (C=O) groups is 1. The molecule has 0 bridgehead atoms. The first-order valence-electron chi connectivity index (χ1n) is 5.75. The minimum atomic E-state index is 0.247. The van der Waals surface area contributed by atoms with Gasteiger partial charge in [0.15, 0.2) is 5.78 Å². The van der Waals surface area contributed by atoms with Gasteiger partial charge in [0, 0.05) is 12.0 Å². The molecule has 1 nitrogen and oxygen atoms in total. The topological polar surface area (TPSA) is 17.1 Å². The molecule has 0 aromatic heterocycles. The molecule has 0 fully saturated rings. The fraction of sp³-hybridized carbons (Fsp3) is 0.267. The summed E-state index contributed by atoms with van der Waals surface area (Å²) < 4.78 is 0. The Balaban J connectivity index is 2.58. The Bertz CT molecular complexity index is 526. The van der Waals surface area contributed by atoms with Crippen LogP contribution in [0.15, 0.2) is 36.4 Å². The van der Waals surface area contributed by atoms with Crippen LogP contribution in [-0.2, 0) is 0 Å². The zero-order valence-electron chi connectivity index (χ0n) is 9.79. The summed E-state index contributed by atoms with van der Waals surface area (Å²) in [5.41, 5.74) is 2.09. The predicted molar refractivity (Wildman–Crippen MR) is 67.9 cm³/mol. The van der Waals surface area contributed by atoms with Gasteiger partial charge in [-0.25, -0.2) is 0 Å². The highest BCUT2D eigenvalue weighted by Crippen LogP contribution is 2.21. The second-order valence-corrected chi connectivity index (χ2v) is 4.20. The summed E-state index contributed by atoms with van der Waals surface area (Å²) in [5, 5.41) is 2.23. The number of carbonyl (C=O) groups excluding carboxylic acids is 1. The molecule has 2 rings (SSSR count). The number of ketones is 1. The van der Waals surface area contributed by atoms with Gasteiger partial charge in [-0.3, -0.25) is 4.79 Å². The molecule has 0 amide bonds. The molecule has 2 aromatic carbocycles. The fourth-order valence-corrected chi connectivity index (χ4v) is 2.01. The van der Waals surface area contributed by atoms with Crippen LogP contribution in [0.2, 0.25) is 0 Å². The van der Waals surface area contributed by atoms with Crippen LogP contribution < -0.4 is 0 Å². The Morgan fingerprint density at radius 2 is 2.00 bits per heavy atom. The fourth-order valence-electron chi connectivity index (χ4n) is 2.01. The molecular formula is C15H16O. The number of hydrogen-bond donors (Lipinski definition) is 0. The van der Waals surface area contributed by atoms with Crippen molar-refractivity contribution < 1.29 is 4.79 Å². The summed E-state index contributed by atoms with van der Waals surface area (Å²) in [7, 11) is 0. The molecule has 0 N–H and O–H groups in total. The molecule has 0 atom stereocenters. The van der Waals surface area contributed by atoms with Crippen molar-refractivity contribution in [2.45, 2.75) is 26.7 Å². The molecule has 0 radical (unpaired) electrons. The Labute approximate surface area is 96.1 Å². The predicted octanol–water partition coefficient (Wildman–Crippen LogP) is 4.13. The van der Waals surface area contributed by atoms with Crippen LogP contribution in [0.5, 0.6) is 0 Å². The second kappa shape index (κ2) is 4.48. The van der Waals surface area contributed by atoms with Crippen molar-refractivity contribution in [2.24, 2.45) is 0 Å². The molecule has 0 saturated heterocycles. The van der Waals surface area contributed by atoms with Gasteiger partial charge in [-0.1, -0.05) is 48.9 Å². The number of rotatable bonds is 3. The van der Waals surface area contributed by atoms with Crippen molar-refractivity contribution in [3.8, 4) is 0 Å². The number of aryl methyl sites for hydroxylation is 1. The quantitative estimate of drug-likeness (QED) is 0.699. The Morgan fingerprint density at radius 3 is 2.75 bits per heavy atom. The first kappa shape index (κ1) is 10.9. The van der Waals surface area contributed by atoms with Crippen LogP contribution in [0.4, 0.5) is 0 Å². The van der Waals surface area contributed by atoms with Crippen molar-refractivity contribution in [1.82, 2.24) is 0 Å². The summed E-state index contributed by atoms with van der Waals surface area (Å²) in [6.45, 7) is 4.10. The van der Waals surface area contributed by atoms with Crippen LogP contribution in [-0.4, -0.2) is 5.78 Å². The highest BCUT2D eigenvalue weighted by atomic mass is 16.1. The lowest BCUT2D eigenvalue weighted by Gasteiger charge is -2.05. The van der Waals surface area contributed by atoms with E-state index in [1.165, 1.54) is 5.56 Å². The first-order chi connectivity index (χ1) is 7.72. The summed E-state index contributed by atoms with van der Waals surface area (Å²) in [5.74, 6) is 0.247. The van der Waals surface area contributed by atoms with Crippen molar-refractivity contribution in [2.75, 3.05) is 0 Å². The minimum absolute atomic E-state index is 0.247. The second-order valence-electron chi connectivity index (χ2n) is 4.20. The van der Waals surface area contributed by atoms with E-state index in [2.05, 4.69) is 25.1 Å². The van der Waals surface area contributed by atoms with E-state index in [0.717, 1.165) is 22.8 Å². The van der Waals surface area contributed by atoms with Crippen molar-refractivity contribution in [3.05, 3.63) is 47.5 Å². The maximum Gasteiger partial charge on any atom is 0.163 e. The maximum atomic E-state index is 11.9. The number of Topliss-reactive ketones (excluding diaryl/α,β-unsaturated/α-hetero) is 1. The van der Waals surface area contributed by atoms with E-state index in [-0.39, 0.29) is 5.78 Å². The normalized spacial score (nSPS) is 10.6. The van der Waals surface area contributed by atoms with E-state index in [1.807, 2.05) is 25.1 Å². The van der Waals surface area contributed by atoms with Gasteiger partial charge in [0.25, 0.3) is 0 Å². The summed E-state index contributed by atoms with van der Waals surface area (Å²) >= 11 is 0. The largest absolute Gasteiger partial charge is 0.294 e. The average Bonchev–Trinajstić information content (AvgIpc) is 2.28. The smallest absolute Gasteiger partial charge is 0.163 e. The van der Waals surface area contributed by atoms with E-state index >= 15 is 0 Å². The Kier molecular flexibility index (Phi) is 3.04. The van der Waals surface area contributed by atoms with Gasteiger partial charge in [-0.2, -0.15) is 0 Å². The standard InChI is InChI=1S/C15H16O/c1-3-5-15(16)14-7-4-6-12-10-11(2)8-9-13(12)14/h4,6-10H,3,5H2,1-2H3. The Hall–Kier alpha value is -1.63. The number of hydrogen-bond acceptors (Lipinski definition) is 1. The van der Waals surface area contributed by atoms with Gasteiger partial charge in [-0.15, -0.1) is 0 Å². The third-order valence-electron chi connectivity index (χ3n) is 2.81. The van der Waals surface area contributed by atoms with Gasteiger partial charge in [0.1, 0.15) is 0 Å². The number of benzene rings is 2. The van der Waals surface area contributed by atoms with E-state index in [1.54, 1.807) is 0 Å². The van der Waals surface area contributed by atoms with Crippen LogP contribution in [0, 0.1) is 6.92 Å². The van der Waals surface area contributed by atoms with Gasteiger partial charge in [0.05, 0.1) is 0 Å². The van der Waals surface area contributed by atoms with Crippen LogP contribution >= 0.6 is 0 Å². The monoisotopic (exact) mass is 212 g/mol. The van der Waals surface area contributed by atoms with Crippen LogP contribution in [0.3, 0.4) is 0 Å². The molecule has 0 aliphatic rings. The lowest BCUT2D eigenvalue weighted by Crippen LogP contribution is -1.98. The molecule has 0 saturated carbocycles. The van der Waals surface area contributed by atoms with Crippen LogP contribution in [0.25, 0.3) is 10.8 Å². The Morgan fingerprint density at radius 1 is 1.19 bits per heavy atom. The summed E-state index contributed by atoms with van der Waals surface area (Å²) in [4.78, 5) is 11.9. The molecule has 82 valence electrons. The lowest BCUT2D eigenvalue weighted by molar-refractivity contribution is 0.0983. The van der Waals surface area contributed by atoms with Crippen LogP contribution in [0.1, 0.15) is 35.7 Å². The van der Waals surface area contributed by atoms with Crippen molar-refractivity contribution >= 4 is 16.6 Å². The molecule has 2 aromatic rings. The van der Waals surface area contributed by atoms with E-state index < -0.39 is 0 Å². The first-order valence-corrected chi connectivity index (χ1v) is 5.75. The van der Waals surface area contributed by atoms with E-state index in [0.29, 0.717) is 6.42 Å². The highest BCUT2D eigenvalue weighted by Gasteiger charge is 2.08. The maximum absolute atomic E-state index is 11.9. The zero-order valence-corrected chi connectivity index (χ0v) is 9.79. The summed E-state index contributed by atoms with van der Waals surface area (Å²) in [6.07, 6.45) is 1.54. The third kappa shape index (κ3) is 1.99. The molecule has 1 heteroatoms. The van der Waals surface area contributed by atoms with Gasteiger partial charge in [-0.05, 0) is 24.1 Å². The van der Waals surface area contributed by atoms with Gasteiger partial charge in [0.2, 0.25) is 0 Å². The molecule has 0 spiro atoms. The lowest BCUT2D eigenvalue weighted by atomic mass is 9.98.